The second-order valence-corrected chi connectivity index (χ2v) is 5.07. The van der Waals surface area contributed by atoms with Crippen LogP contribution in [0, 0.1) is 11.8 Å². The van der Waals surface area contributed by atoms with Crippen LogP contribution in [0.1, 0.15) is 25.0 Å². The number of carbonyl (C=O) groups is 1. The van der Waals surface area contributed by atoms with Crippen molar-refractivity contribution in [3.63, 3.8) is 0 Å². The first-order valence-electron chi connectivity index (χ1n) is 7.22. The van der Waals surface area contributed by atoms with E-state index in [1.54, 1.807) is 0 Å². The average molecular weight is 289 g/mol. The van der Waals surface area contributed by atoms with Gasteiger partial charge in [0, 0.05) is 12.5 Å². The van der Waals surface area contributed by atoms with Crippen molar-refractivity contribution >= 4 is 12.0 Å². The van der Waals surface area contributed by atoms with Crippen molar-refractivity contribution in [1.82, 2.24) is 5.32 Å². The molecule has 0 fully saturated rings. The van der Waals surface area contributed by atoms with Gasteiger partial charge in [-0.3, -0.25) is 4.79 Å². The van der Waals surface area contributed by atoms with Crippen LogP contribution >= 0.6 is 0 Å². The molecule has 22 heavy (non-hydrogen) atoms. The van der Waals surface area contributed by atoms with Crippen LogP contribution in [-0.2, 0) is 4.79 Å². The largest absolute Gasteiger partial charge is 0.339 e. The Labute approximate surface area is 131 Å². The van der Waals surface area contributed by atoms with Crippen molar-refractivity contribution in [1.29, 1.82) is 0 Å². The summed E-state index contributed by atoms with van der Waals surface area (Å²) in [5.74, 6) is 6.16. The van der Waals surface area contributed by atoms with E-state index in [1.165, 1.54) is 6.92 Å². The topological polar surface area (TPSA) is 29.1 Å². The number of rotatable bonds is 3. The molecule has 2 aromatic rings. The minimum atomic E-state index is -0.294. The summed E-state index contributed by atoms with van der Waals surface area (Å²) >= 11 is 0. The zero-order valence-electron chi connectivity index (χ0n) is 12.8. The lowest BCUT2D eigenvalue weighted by atomic mass is 10.0. The van der Waals surface area contributed by atoms with E-state index in [0.29, 0.717) is 0 Å². The van der Waals surface area contributed by atoms with Crippen molar-refractivity contribution in [2.45, 2.75) is 19.9 Å². The van der Waals surface area contributed by atoms with Crippen LogP contribution in [0.15, 0.2) is 66.2 Å². The third kappa shape index (κ3) is 4.96. The molecule has 2 rings (SSSR count). The first-order chi connectivity index (χ1) is 10.6. The Balaban J connectivity index is 2.25. The van der Waals surface area contributed by atoms with Crippen molar-refractivity contribution in [3.05, 3.63) is 77.4 Å². The van der Waals surface area contributed by atoms with Gasteiger partial charge in [-0.1, -0.05) is 66.4 Å². The molecular formula is C20H19NO. The molecule has 0 aliphatic carbocycles. The van der Waals surface area contributed by atoms with Crippen LogP contribution in [0.3, 0.4) is 0 Å². The molecule has 0 saturated carbocycles. The summed E-state index contributed by atoms with van der Waals surface area (Å²) in [6.07, 6.45) is 2.04. The summed E-state index contributed by atoms with van der Waals surface area (Å²) in [6, 6.07) is 19.5. The van der Waals surface area contributed by atoms with Gasteiger partial charge in [0.15, 0.2) is 0 Å². The van der Waals surface area contributed by atoms with E-state index in [1.807, 2.05) is 73.7 Å². The van der Waals surface area contributed by atoms with Gasteiger partial charge < -0.3 is 5.32 Å². The van der Waals surface area contributed by atoms with Crippen molar-refractivity contribution < 1.29 is 4.79 Å². The normalized spacial score (nSPS) is 12.0. The molecule has 0 heterocycles. The molecule has 110 valence electrons. The summed E-state index contributed by atoms with van der Waals surface area (Å²) < 4.78 is 0. The predicted molar refractivity (Wildman–Crippen MR) is 91.0 cm³/mol. The van der Waals surface area contributed by atoms with Crippen molar-refractivity contribution in [2.75, 3.05) is 0 Å². The van der Waals surface area contributed by atoms with Crippen molar-refractivity contribution in [3.8, 4) is 11.8 Å². The molecule has 0 spiro atoms. The maximum atomic E-state index is 11.4. The lowest BCUT2D eigenvalue weighted by Gasteiger charge is -2.12. The molecule has 2 nitrogen and oxygen atoms in total. The highest BCUT2D eigenvalue weighted by atomic mass is 16.1. The highest BCUT2D eigenvalue weighted by molar-refractivity contribution is 5.75. The molecule has 2 aromatic carbocycles. The van der Waals surface area contributed by atoms with E-state index < -0.39 is 0 Å². The number of benzene rings is 2. The smallest absolute Gasteiger partial charge is 0.218 e. The van der Waals surface area contributed by atoms with Crippen LogP contribution in [0.2, 0.25) is 0 Å². The van der Waals surface area contributed by atoms with E-state index in [2.05, 4.69) is 17.2 Å². The molecule has 1 amide bonds. The summed E-state index contributed by atoms with van der Waals surface area (Å²) in [5.41, 5.74) is 3.03. The zero-order valence-corrected chi connectivity index (χ0v) is 12.8. The highest BCUT2D eigenvalue weighted by Gasteiger charge is 2.08. The molecule has 1 N–H and O–H groups in total. The van der Waals surface area contributed by atoms with Crippen LogP contribution in [-0.4, -0.2) is 11.9 Å². The van der Waals surface area contributed by atoms with Crippen molar-refractivity contribution in [2.24, 2.45) is 0 Å². The Hall–Kier alpha value is -2.79. The quantitative estimate of drug-likeness (QED) is 0.859. The number of carbonyl (C=O) groups excluding carboxylic acids is 1. The average Bonchev–Trinajstić information content (AvgIpc) is 2.53. The van der Waals surface area contributed by atoms with Gasteiger partial charge in [-0.2, -0.15) is 0 Å². The highest BCUT2D eigenvalue weighted by Crippen LogP contribution is 2.10. The number of nitrogens with one attached hydrogen (secondary N) is 1. The van der Waals surface area contributed by atoms with E-state index in [9.17, 15) is 4.79 Å². The first-order valence-corrected chi connectivity index (χ1v) is 7.22. The fourth-order valence-corrected chi connectivity index (χ4v) is 2.04. The zero-order chi connectivity index (χ0) is 15.8. The number of hydrogen-bond donors (Lipinski definition) is 1. The van der Waals surface area contributed by atoms with Gasteiger partial charge in [0.25, 0.3) is 0 Å². The Morgan fingerprint density at radius 1 is 1.00 bits per heavy atom. The number of hydrogen-bond acceptors (Lipinski definition) is 1. The van der Waals surface area contributed by atoms with E-state index in [-0.39, 0.29) is 11.9 Å². The first kappa shape index (κ1) is 15.6. The van der Waals surface area contributed by atoms with Crippen LogP contribution in [0.4, 0.5) is 0 Å². The lowest BCUT2D eigenvalue weighted by molar-refractivity contribution is -0.119. The predicted octanol–water partition coefficient (Wildman–Crippen LogP) is 3.65. The van der Waals surface area contributed by atoms with Gasteiger partial charge in [0.05, 0.1) is 0 Å². The summed E-state index contributed by atoms with van der Waals surface area (Å²) in [4.78, 5) is 11.4. The van der Waals surface area contributed by atoms with E-state index in [0.717, 1.165) is 16.7 Å². The monoisotopic (exact) mass is 289 g/mol. The minimum absolute atomic E-state index is 0.0897. The van der Waals surface area contributed by atoms with Gasteiger partial charge >= 0.3 is 0 Å². The van der Waals surface area contributed by atoms with Gasteiger partial charge in [0.1, 0.15) is 6.04 Å². The molecule has 0 aliphatic heterocycles. The molecule has 2 heteroatoms. The Morgan fingerprint density at radius 2 is 1.59 bits per heavy atom. The minimum Gasteiger partial charge on any atom is -0.339 e. The molecule has 0 bridgehead atoms. The third-order valence-corrected chi connectivity index (χ3v) is 3.13. The molecule has 0 aromatic heterocycles. The third-order valence-electron chi connectivity index (χ3n) is 3.13. The summed E-state index contributed by atoms with van der Waals surface area (Å²) in [6.45, 7) is 3.49. The Bertz CT molecular complexity index is 706. The molecular weight excluding hydrogens is 270 g/mol. The standard InChI is InChI=1S/C20H19NO/c1-16(15-19-11-7-4-8-12-19)20(21-17(2)22)14-13-18-9-5-3-6-10-18/h3-12,15,20H,1-2H3,(H,21,22)/b16-15+/t20-/m1/s1. The van der Waals surface area contributed by atoms with Gasteiger partial charge in [-0.15, -0.1) is 0 Å². The Morgan fingerprint density at radius 3 is 2.18 bits per heavy atom. The lowest BCUT2D eigenvalue weighted by Crippen LogP contribution is -2.32. The molecule has 0 radical (unpaired) electrons. The fourth-order valence-electron chi connectivity index (χ4n) is 2.04. The fraction of sp³-hybridized carbons (Fsp3) is 0.150. The molecule has 0 unspecified atom stereocenters. The SMILES string of the molecule is CC(=O)N[C@H](C#Cc1ccccc1)/C(C)=C/c1ccccc1. The van der Waals surface area contributed by atoms with E-state index >= 15 is 0 Å². The second kappa shape index (κ2) is 7.85. The summed E-state index contributed by atoms with van der Waals surface area (Å²) in [7, 11) is 0. The van der Waals surface area contributed by atoms with Gasteiger partial charge in [-0.05, 0) is 30.2 Å². The van der Waals surface area contributed by atoms with Gasteiger partial charge in [-0.25, -0.2) is 0 Å². The molecule has 0 aliphatic rings. The van der Waals surface area contributed by atoms with Crippen LogP contribution in [0.5, 0.6) is 0 Å². The van der Waals surface area contributed by atoms with Crippen LogP contribution in [0.25, 0.3) is 6.08 Å². The Kier molecular flexibility index (Phi) is 5.57. The number of amides is 1. The van der Waals surface area contributed by atoms with Gasteiger partial charge in [0.2, 0.25) is 5.91 Å². The maximum Gasteiger partial charge on any atom is 0.218 e. The second-order valence-electron chi connectivity index (χ2n) is 5.07. The van der Waals surface area contributed by atoms with Crippen LogP contribution < -0.4 is 5.32 Å². The molecule has 0 saturated heterocycles. The summed E-state index contributed by atoms with van der Waals surface area (Å²) in [5, 5.41) is 2.89. The molecule has 1 atom stereocenters. The maximum absolute atomic E-state index is 11.4. The van der Waals surface area contributed by atoms with E-state index in [4.69, 9.17) is 0 Å².